The van der Waals surface area contributed by atoms with E-state index in [0.29, 0.717) is 10.7 Å². The molecule has 0 spiro atoms. The zero-order chi connectivity index (χ0) is 23.4. The minimum Gasteiger partial charge on any atom is -0.493 e. The number of thiazole rings is 1. The number of hydrazone groups is 1. The van der Waals surface area contributed by atoms with Gasteiger partial charge < -0.3 is 8.92 Å². The highest BCUT2D eigenvalue weighted by Crippen LogP contribution is 2.33. The van der Waals surface area contributed by atoms with Crippen molar-refractivity contribution in [3.05, 3.63) is 82.4 Å². The van der Waals surface area contributed by atoms with Crippen LogP contribution in [0.5, 0.6) is 11.5 Å². The normalized spacial score (nSPS) is 11.5. The number of ether oxygens (including phenoxy) is 1. The van der Waals surface area contributed by atoms with Gasteiger partial charge in [0.1, 0.15) is 0 Å². The van der Waals surface area contributed by atoms with Gasteiger partial charge >= 0.3 is 10.1 Å². The van der Waals surface area contributed by atoms with Crippen LogP contribution in [0.2, 0.25) is 0 Å². The van der Waals surface area contributed by atoms with Crippen LogP contribution in [0, 0.1) is 10.1 Å². The molecule has 0 atom stereocenters. The van der Waals surface area contributed by atoms with Gasteiger partial charge in [-0.2, -0.15) is 13.5 Å². The first-order valence-electron chi connectivity index (χ1n) is 9.38. The maximum absolute atomic E-state index is 12.7. The number of nitro groups is 1. The van der Waals surface area contributed by atoms with Crippen molar-refractivity contribution in [2.45, 2.75) is 4.90 Å². The third-order valence-electron chi connectivity index (χ3n) is 4.39. The molecule has 12 heteroatoms. The number of nitro benzene ring substituents is 1. The number of hydrogen-bond acceptors (Lipinski definition) is 10. The predicted molar refractivity (Wildman–Crippen MR) is 125 cm³/mol. The molecule has 1 heterocycles. The van der Waals surface area contributed by atoms with Crippen LogP contribution in [-0.4, -0.2) is 31.6 Å². The summed E-state index contributed by atoms with van der Waals surface area (Å²) in [7, 11) is -3.13. The van der Waals surface area contributed by atoms with Crippen molar-refractivity contribution in [1.29, 1.82) is 0 Å². The lowest BCUT2D eigenvalue weighted by molar-refractivity contribution is -0.387. The van der Waals surface area contributed by atoms with Crippen LogP contribution in [0.1, 0.15) is 5.56 Å². The Balaban J connectivity index is 1.53. The zero-order valence-electron chi connectivity index (χ0n) is 17.0. The van der Waals surface area contributed by atoms with E-state index in [9.17, 15) is 18.5 Å². The Hall–Kier alpha value is -4.03. The number of nitrogens with one attached hydrogen (secondary N) is 1. The Morgan fingerprint density at radius 2 is 1.85 bits per heavy atom. The minimum absolute atomic E-state index is 0.112. The summed E-state index contributed by atoms with van der Waals surface area (Å²) in [6.07, 6.45) is 1.51. The highest BCUT2D eigenvalue weighted by atomic mass is 32.2. The summed E-state index contributed by atoms with van der Waals surface area (Å²) in [6.45, 7) is 0. The summed E-state index contributed by atoms with van der Waals surface area (Å²) in [4.78, 5) is 14.3. The smallest absolute Gasteiger partial charge is 0.346 e. The molecule has 0 aliphatic rings. The average molecular weight is 485 g/mol. The number of benzene rings is 3. The molecule has 0 radical (unpaired) electrons. The van der Waals surface area contributed by atoms with E-state index in [1.54, 1.807) is 6.07 Å². The van der Waals surface area contributed by atoms with Gasteiger partial charge in [-0.25, -0.2) is 4.98 Å². The van der Waals surface area contributed by atoms with E-state index in [4.69, 9.17) is 8.92 Å². The van der Waals surface area contributed by atoms with Crippen molar-refractivity contribution >= 4 is 48.7 Å². The Morgan fingerprint density at radius 1 is 1.09 bits per heavy atom. The molecule has 4 rings (SSSR count). The summed E-state index contributed by atoms with van der Waals surface area (Å²) in [6, 6.07) is 17.1. The van der Waals surface area contributed by atoms with Gasteiger partial charge in [-0.15, -0.1) is 0 Å². The van der Waals surface area contributed by atoms with Crippen molar-refractivity contribution in [1.82, 2.24) is 4.98 Å². The van der Waals surface area contributed by atoms with Gasteiger partial charge in [0.2, 0.25) is 5.13 Å². The van der Waals surface area contributed by atoms with Crippen molar-refractivity contribution in [3.8, 4) is 11.5 Å². The number of anilines is 1. The van der Waals surface area contributed by atoms with Crippen LogP contribution in [-0.2, 0) is 10.1 Å². The third kappa shape index (κ3) is 4.91. The van der Waals surface area contributed by atoms with E-state index in [1.165, 1.54) is 48.9 Å². The standard InChI is InChI=1S/C21H16N4O6S2/c1-30-18-12-14(13-22-24-21-23-15-6-2-4-8-19(15)32-21)10-11-17(18)31-33(28,29)20-9-5-3-7-16(20)25(26)27/h2-13H,1H3,(H,23,24)/b22-13-. The van der Waals surface area contributed by atoms with Crippen molar-refractivity contribution in [2.24, 2.45) is 5.10 Å². The van der Waals surface area contributed by atoms with Crippen LogP contribution in [0.15, 0.2) is 76.7 Å². The Kier molecular flexibility index (Phi) is 6.20. The first-order chi connectivity index (χ1) is 15.9. The van der Waals surface area contributed by atoms with Crippen LogP contribution in [0.25, 0.3) is 10.2 Å². The quantitative estimate of drug-likeness (QED) is 0.168. The maximum atomic E-state index is 12.7. The zero-order valence-corrected chi connectivity index (χ0v) is 18.7. The van der Waals surface area contributed by atoms with Gasteiger partial charge in [-0.3, -0.25) is 15.5 Å². The van der Waals surface area contributed by atoms with E-state index in [1.807, 2.05) is 24.3 Å². The van der Waals surface area contributed by atoms with Gasteiger partial charge in [0, 0.05) is 6.07 Å². The molecule has 10 nitrogen and oxygen atoms in total. The third-order valence-corrected chi connectivity index (χ3v) is 6.61. The van der Waals surface area contributed by atoms with Gasteiger partial charge in [-0.1, -0.05) is 35.6 Å². The van der Waals surface area contributed by atoms with E-state index in [0.717, 1.165) is 22.3 Å². The molecule has 0 bridgehead atoms. The van der Waals surface area contributed by atoms with E-state index < -0.39 is 25.6 Å². The van der Waals surface area contributed by atoms with Crippen LogP contribution in [0.3, 0.4) is 0 Å². The van der Waals surface area contributed by atoms with Gasteiger partial charge in [0.25, 0.3) is 5.69 Å². The molecule has 1 aromatic heterocycles. The Labute approximate surface area is 192 Å². The Bertz CT molecular complexity index is 1430. The topological polar surface area (TPSA) is 133 Å². The lowest BCUT2D eigenvalue weighted by atomic mass is 10.2. The predicted octanol–water partition coefficient (Wildman–Crippen LogP) is 4.43. The monoisotopic (exact) mass is 484 g/mol. The fourth-order valence-electron chi connectivity index (χ4n) is 2.90. The van der Waals surface area contributed by atoms with E-state index in [2.05, 4.69) is 15.5 Å². The largest absolute Gasteiger partial charge is 0.493 e. The molecule has 0 aliphatic carbocycles. The Morgan fingerprint density at radius 3 is 2.61 bits per heavy atom. The highest BCUT2D eigenvalue weighted by Gasteiger charge is 2.28. The minimum atomic E-state index is -4.47. The summed E-state index contributed by atoms with van der Waals surface area (Å²) in [5.74, 6) is -0.00645. The number of fused-ring (bicyclic) bond motifs is 1. The summed E-state index contributed by atoms with van der Waals surface area (Å²) >= 11 is 1.45. The number of rotatable bonds is 8. The fourth-order valence-corrected chi connectivity index (χ4v) is 4.82. The second-order valence-electron chi connectivity index (χ2n) is 6.53. The second-order valence-corrected chi connectivity index (χ2v) is 9.07. The van der Waals surface area contributed by atoms with Crippen molar-refractivity contribution < 1.29 is 22.3 Å². The molecule has 0 saturated heterocycles. The number of para-hydroxylation sites is 2. The molecule has 1 N–H and O–H groups in total. The molecule has 0 unspecified atom stereocenters. The molecule has 168 valence electrons. The van der Waals surface area contributed by atoms with Gasteiger partial charge in [0.15, 0.2) is 16.4 Å². The number of aromatic nitrogens is 1. The van der Waals surface area contributed by atoms with Crippen molar-refractivity contribution in [2.75, 3.05) is 12.5 Å². The SMILES string of the molecule is COc1cc(/C=N\Nc2nc3ccccc3s2)ccc1OS(=O)(=O)c1ccccc1[N+](=O)[O-]. The first-order valence-corrected chi connectivity index (χ1v) is 11.6. The molecule has 3 aromatic carbocycles. The van der Waals surface area contributed by atoms with Gasteiger partial charge in [-0.05, 0) is 42.0 Å². The summed E-state index contributed by atoms with van der Waals surface area (Å²) in [5.41, 5.74) is 3.73. The summed E-state index contributed by atoms with van der Waals surface area (Å²) < 4.78 is 36.7. The van der Waals surface area contributed by atoms with E-state index >= 15 is 0 Å². The number of methoxy groups -OCH3 is 1. The maximum Gasteiger partial charge on any atom is 0.346 e. The molecule has 0 saturated carbocycles. The lowest BCUT2D eigenvalue weighted by Gasteiger charge is -2.11. The molecule has 33 heavy (non-hydrogen) atoms. The molecular formula is C21H16N4O6S2. The molecule has 0 aliphatic heterocycles. The van der Waals surface area contributed by atoms with E-state index in [-0.39, 0.29) is 11.5 Å². The van der Waals surface area contributed by atoms with Gasteiger partial charge in [0.05, 0.1) is 28.5 Å². The molecule has 0 amide bonds. The average Bonchev–Trinajstić information content (AvgIpc) is 3.22. The van der Waals surface area contributed by atoms with Crippen LogP contribution >= 0.6 is 11.3 Å². The van der Waals surface area contributed by atoms with Crippen LogP contribution < -0.4 is 14.3 Å². The van der Waals surface area contributed by atoms with Crippen LogP contribution in [0.4, 0.5) is 10.8 Å². The fraction of sp³-hybridized carbons (Fsp3) is 0.0476. The molecule has 4 aromatic rings. The molecule has 0 fully saturated rings. The summed E-state index contributed by atoms with van der Waals surface area (Å²) in [5, 5.41) is 15.9. The second kappa shape index (κ2) is 9.22. The number of nitrogens with zero attached hydrogens (tertiary/aromatic N) is 3. The van der Waals surface area contributed by atoms with Crippen molar-refractivity contribution in [3.63, 3.8) is 0 Å². The highest BCUT2D eigenvalue weighted by molar-refractivity contribution is 7.87. The molecular weight excluding hydrogens is 468 g/mol. The number of hydrogen-bond donors (Lipinski definition) is 1. The first kappa shape index (κ1) is 22.2. The lowest BCUT2D eigenvalue weighted by Crippen LogP contribution is -2.12.